The van der Waals surface area contributed by atoms with Gasteiger partial charge in [-0.2, -0.15) is 0 Å². The molecular formula is C22H27N. The summed E-state index contributed by atoms with van der Waals surface area (Å²) in [6, 6.07) is 13.0. The van der Waals surface area contributed by atoms with Crippen molar-refractivity contribution in [3.63, 3.8) is 0 Å². The van der Waals surface area contributed by atoms with Gasteiger partial charge in [0.25, 0.3) is 0 Å². The Hall–Kier alpha value is -2.15. The van der Waals surface area contributed by atoms with E-state index in [0.717, 1.165) is 18.5 Å². The quantitative estimate of drug-likeness (QED) is 0.584. The zero-order chi connectivity index (χ0) is 16.7. The minimum absolute atomic E-state index is 0.522. The van der Waals surface area contributed by atoms with E-state index in [2.05, 4.69) is 62.4 Å². The number of aryl methyl sites for hydroxylation is 1. The molecule has 0 N–H and O–H groups in total. The van der Waals surface area contributed by atoms with Crippen molar-refractivity contribution in [3.8, 4) is 11.3 Å². The molecule has 1 aliphatic carbocycles. The molecule has 1 nitrogen and oxygen atoms in total. The number of allylic oxidation sites excluding steroid dienone is 3. The summed E-state index contributed by atoms with van der Waals surface area (Å²) in [4.78, 5) is 4.88. The van der Waals surface area contributed by atoms with Crippen molar-refractivity contribution < 1.29 is 0 Å². The minimum Gasteiger partial charge on any atom is -0.252 e. The van der Waals surface area contributed by atoms with Crippen molar-refractivity contribution in [2.75, 3.05) is 0 Å². The zero-order valence-corrected chi connectivity index (χ0v) is 14.7. The lowest BCUT2D eigenvalue weighted by molar-refractivity contribution is 0.866. The number of fused-ring (bicyclic) bond motifs is 1. The van der Waals surface area contributed by atoms with Gasteiger partial charge in [-0.15, -0.1) is 0 Å². The van der Waals surface area contributed by atoms with Crippen LogP contribution in [0, 0.1) is 0 Å². The van der Waals surface area contributed by atoms with Crippen molar-refractivity contribution >= 4 is 6.08 Å². The van der Waals surface area contributed by atoms with E-state index >= 15 is 0 Å². The Bertz CT molecular complexity index is 689. The summed E-state index contributed by atoms with van der Waals surface area (Å²) in [6.07, 6.45) is 10.6. The normalized spacial score (nSPS) is 12.9. The van der Waals surface area contributed by atoms with Gasteiger partial charge < -0.3 is 0 Å². The second-order valence-electron chi connectivity index (χ2n) is 6.08. The van der Waals surface area contributed by atoms with E-state index < -0.39 is 0 Å². The fourth-order valence-corrected chi connectivity index (χ4v) is 2.68. The highest BCUT2D eigenvalue weighted by atomic mass is 14.7. The van der Waals surface area contributed by atoms with Crippen molar-refractivity contribution in [2.24, 2.45) is 0 Å². The highest BCUT2D eigenvalue weighted by Gasteiger charge is 2.12. The summed E-state index contributed by atoms with van der Waals surface area (Å²) < 4.78 is 0. The smallest absolute Gasteiger partial charge is 0.0708 e. The second-order valence-corrected chi connectivity index (χ2v) is 6.08. The number of pyridine rings is 1. The molecule has 0 spiro atoms. The van der Waals surface area contributed by atoms with Crippen LogP contribution in [0.2, 0.25) is 0 Å². The molecule has 23 heavy (non-hydrogen) atoms. The summed E-state index contributed by atoms with van der Waals surface area (Å²) in [5, 5.41) is 0. The minimum atomic E-state index is 0.522. The number of hydrogen-bond acceptors (Lipinski definition) is 1. The molecule has 1 heterocycles. The molecule has 1 aromatic carbocycles. The number of nitrogens with zero attached hydrogens (tertiary/aromatic N) is 1. The Morgan fingerprint density at radius 1 is 1.00 bits per heavy atom. The Morgan fingerprint density at radius 2 is 1.74 bits per heavy atom. The lowest BCUT2D eigenvalue weighted by Crippen LogP contribution is -2.01. The summed E-state index contributed by atoms with van der Waals surface area (Å²) in [5.74, 6) is 0.522. The SMILES string of the molecule is CC(C)c1ccccc1-c1ccc2c(n1)CCC=C2.CC=CC. The number of hydrogen-bond donors (Lipinski definition) is 0. The van der Waals surface area contributed by atoms with E-state index in [9.17, 15) is 0 Å². The molecule has 0 saturated heterocycles. The van der Waals surface area contributed by atoms with Crippen molar-refractivity contribution in [1.82, 2.24) is 4.98 Å². The predicted molar refractivity (Wildman–Crippen MR) is 102 cm³/mol. The first kappa shape index (κ1) is 17.2. The van der Waals surface area contributed by atoms with Crippen LogP contribution in [0.1, 0.15) is 56.9 Å². The van der Waals surface area contributed by atoms with Crippen molar-refractivity contribution in [3.05, 3.63) is 71.4 Å². The zero-order valence-electron chi connectivity index (χ0n) is 14.7. The lowest BCUT2D eigenvalue weighted by atomic mass is 9.94. The van der Waals surface area contributed by atoms with Gasteiger partial charge >= 0.3 is 0 Å². The molecule has 0 unspecified atom stereocenters. The number of aromatic nitrogens is 1. The van der Waals surface area contributed by atoms with E-state index in [1.807, 2.05) is 26.0 Å². The Morgan fingerprint density at radius 3 is 2.43 bits per heavy atom. The molecule has 120 valence electrons. The summed E-state index contributed by atoms with van der Waals surface area (Å²) >= 11 is 0. The van der Waals surface area contributed by atoms with Crippen LogP contribution in [0.3, 0.4) is 0 Å². The molecule has 0 bridgehead atoms. The molecule has 1 aromatic heterocycles. The average Bonchev–Trinajstić information content (AvgIpc) is 2.61. The van der Waals surface area contributed by atoms with E-state index in [1.165, 1.54) is 22.4 Å². The first-order chi connectivity index (χ1) is 11.2. The monoisotopic (exact) mass is 305 g/mol. The molecule has 0 radical (unpaired) electrons. The molecule has 0 fully saturated rings. The molecule has 0 atom stereocenters. The fourth-order valence-electron chi connectivity index (χ4n) is 2.68. The maximum atomic E-state index is 4.88. The summed E-state index contributed by atoms with van der Waals surface area (Å²) in [7, 11) is 0. The third kappa shape index (κ3) is 4.41. The highest BCUT2D eigenvalue weighted by Crippen LogP contribution is 2.29. The second kappa shape index (κ2) is 8.47. The van der Waals surface area contributed by atoms with Crippen LogP contribution in [0.15, 0.2) is 54.6 Å². The van der Waals surface area contributed by atoms with E-state index in [1.54, 1.807) is 0 Å². The third-order valence-corrected chi connectivity index (χ3v) is 4.05. The van der Waals surface area contributed by atoms with Crippen LogP contribution >= 0.6 is 0 Å². The predicted octanol–water partition coefficient (Wildman–Crippen LogP) is 6.41. The van der Waals surface area contributed by atoms with Crippen LogP contribution < -0.4 is 0 Å². The van der Waals surface area contributed by atoms with Gasteiger partial charge in [0.05, 0.1) is 5.69 Å². The third-order valence-electron chi connectivity index (χ3n) is 4.05. The molecule has 3 rings (SSSR count). The van der Waals surface area contributed by atoms with Crippen LogP contribution in [-0.2, 0) is 6.42 Å². The molecule has 1 heteroatoms. The Kier molecular flexibility index (Phi) is 6.34. The van der Waals surface area contributed by atoms with Crippen molar-refractivity contribution in [1.29, 1.82) is 0 Å². The Balaban J connectivity index is 0.000000433. The van der Waals surface area contributed by atoms with Gasteiger partial charge in [-0.1, -0.05) is 68.5 Å². The topological polar surface area (TPSA) is 12.9 Å². The lowest BCUT2D eigenvalue weighted by Gasteiger charge is -2.15. The van der Waals surface area contributed by atoms with Gasteiger partial charge in [-0.3, -0.25) is 4.98 Å². The first-order valence-corrected chi connectivity index (χ1v) is 8.50. The van der Waals surface area contributed by atoms with Crippen LogP contribution in [-0.4, -0.2) is 4.98 Å². The average molecular weight is 305 g/mol. The van der Waals surface area contributed by atoms with Gasteiger partial charge in [-0.25, -0.2) is 0 Å². The van der Waals surface area contributed by atoms with Gasteiger partial charge in [0.2, 0.25) is 0 Å². The molecule has 2 aromatic rings. The maximum Gasteiger partial charge on any atom is 0.0708 e. The first-order valence-electron chi connectivity index (χ1n) is 8.50. The fraction of sp³-hybridized carbons (Fsp3) is 0.318. The highest BCUT2D eigenvalue weighted by molar-refractivity contribution is 5.67. The van der Waals surface area contributed by atoms with Gasteiger partial charge in [0.1, 0.15) is 0 Å². The van der Waals surface area contributed by atoms with Crippen molar-refractivity contribution in [2.45, 2.75) is 46.5 Å². The molecule has 0 aliphatic heterocycles. The van der Waals surface area contributed by atoms with Gasteiger partial charge in [-0.05, 0) is 49.8 Å². The molecule has 0 saturated carbocycles. The van der Waals surface area contributed by atoms with E-state index in [-0.39, 0.29) is 0 Å². The van der Waals surface area contributed by atoms with Gasteiger partial charge in [0.15, 0.2) is 0 Å². The molecule has 0 amide bonds. The van der Waals surface area contributed by atoms with Crippen LogP contribution in [0.4, 0.5) is 0 Å². The summed E-state index contributed by atoms with van der Waals surface area (Å²) in [5.41, 5.74) is 6.27. The Labute approximate surface area is 140 Å². The number of rotatable bonds is 2. The molecule has 1 aliphatic rings. The van der Waals surface area contributed by atoms with Crippen LogP contribution in [0.25, 0.3) is 17.3 Å². The molecular weight excluding hydrogens is 278 g/mol. The summed E-state index contributed by atoms with van der Waals surface area (Å²) in [6.45, 7) is 8.47. The van der Waals surface area contributed by atoms with Gasteiger partial charge in [0, 0.05) is 11.3 Å². The van der Waals surface area contributed by atoms with Crippen LogP contribution in [0.5, 0.6) is 0 Å². The largest absolute Gasteiger partial charge is 0.252 e. The van der Waals surface area contributed by atoms with E-state index in [4.69, 9.17) is 4.98 Å². The maximum absolute atomic E-state index is 4.88. The number of benzene rings is 1. The standard InChI is InChI=1S/C18H19N.C4H8/c1-13(2)15-8-4-5-9-16(15)18-12-11-14-7-3-6-10-17(14)19-18;1-3-4-2/h3-5,7-9,11-13H,6,10H2,1-2H3;3-4H,1-2H3. The van der Waals surface area contributed by atoms with E-state index in [0.29, 0.717) is 5.92 Å².